The average molecular weight is 143 g/mol. The molecule has 0 aliphatic rings. The van der Waals surface area contributed by atoms with Crippen LogP contribution in [0.15, 0.2) is 30.3 Å². The van der Waals surface area contributed by atoms with Gasteiger partial charge in [-0.2, -0.15) is 0 Å². The molecule has 1 aromatic rings. The van der Waals surface area contributed by atoms with Crippen LogP contribution in [0.3, 0.4) is 0 Å². The van der Waals surface area contributed by atoms with Gasteiger partial charge in [-0.05, 0) is 18.4 Å². The van der Waals surface area contributed by atoms with E-state index in [1.165, 1.54) is 5.56 Å². The van der Waals surface area contributed by atoms with Crippen LogP contribution in [0.25, 0.3) is 0 Å². The van der Waals surface area contributed by atoms with E-state index in [0.717, 1.165) is 0 Å². The Kier molecular flexibility index (Phi) is 2.74. The van der Waals surface area contributed by atoms with E-state index >= 15 is 0 Å². The fourth-order valence-corrected chi connectivity index (χ4v) is 0.985. The van der Waals surface area contributed by atoms with Crippen LogP contribution >= 0.6 is 0 Å². The van der Waals surface area contributed by atoms with Crippen LogP contribution < -0.4 is 0 Å². The molecule has 55 valence electrons. The largest absolute Gasteiger partial charge is 0.120 e. The molecule has 0 spiro atoms. The second-order valence-electron chi connectivity index (χ2n) is 2.52. The second-order valence-corrected chi connectivity index (χ2v) is 2.52. The lowest BCUT2D eigenvalue weighted by Crippen LogP contribution is -1.90. The van der Waals surface area contributed by atoms with Crippen LogP contribution in [-0.2, 0) is 0 Å². The van der Waals surface area contributed by atoms with Crippen LogP contribution in [0, 0.1) is 19.3 Å². The van der Waals surface area contributed by atoms with Crippen LogP contribution in [-0.4, -0.2) is 0 Å². The van der Waals surface area contributed by atoms with Gasteiger partial charge in [0.1, 0.15) is 0 Å². The molecule has 0 heterocycles. The summed E-state index contributed by atoms with van der Waals surface area (Å²) >= 11 is 0. The quantitative estimate of drug-likeness (QED) is 0.558. The minimum absolute atomic E-state index is 0.237. The molecular formula is C11H11. The van der Waals surface area contributed by atoms with Crippen molar-refractivity contribution in [2.75, 3.05) is 0 Å². The van der Waals surface area contributed by atoms with E-state index in [1.807, 2.05) is 18.2 Å². The third-order valence-electron chi connectivity index (χ3n) is 1.64. The molecule has 0 saturated heterocycles. The van der Waals surface area contributed by atoms with E-state index in [1.54, 1.807) is 0 Å². The normalized spacial score (nSPS) is 12.0. The Morgan fingerprint density at radius 1 is 1.36 bits per heavy atom. The molecule has 0 nitrogen and oxygen atoms in total. The Bertz CT molecular complexity index is 240. The highest BCUT2D eigenvalue weighted by molar-refractivity contribution is 5.21. The second kappa shape index (κ2) is 3.83. The molecule has 0 aromatic heterocycles. The maximum absolute atomic E-state index is 5.18. The number of hydrogen-bond acceptors (Lipinski definition) is 0. The number of hydrogen-bond donors (Lipinski definition) is 0. The molecule has 11 heavy (non-hydrogen) atoms. The van der Waals surface area contributed by atoms with Gasteiger partial charge in [0.05, 0.1) is 0 Å². The zero-order valence-corrected chi connectivity index (χ0v) is 6.46. The van der Waals surface area contributed by atoms with Crippen molar-refractivity contribution in [3.63, 3.8) is 0 Å². The molecule has 1 radical (unpaired) electrons. The van der Waals surface area contributed by atoms with E-state index < -0.39 is 0 Å². The maximum Gasteiger partial charge on any atom is 0.0155 e. The van der Waals surface area contributed by atoms with Crippen LogP contribution in [0.2, 0.25) is 0 Å². The van der Waals surface area contributed by atoms with Gasteiger partial charge in [0.15, 0.2) is 0 Å². The molecule has 1 rings (SSSR count). The van der Waals surface area contributed by atoms with E-state index in [0.29, 0.717) is 6.42 Å². The van der Waals surface area contributed by atoms with Gasteiger partial charge in [0.25, 0.3) is 0 Å². The predicted octanol–water partition coefficient (Wildman–Crippen LogP) is 2.63. The maximum atomic E-state index is 5.18. The van der Waals surface area contributed by atoms with Crippen LogP contribution in [0.5, 0.6) is 0 Å². The summed E-state index contributed by atoms with van der Waals surface area (Å²) in [5.41, 5.74) is 1.21. The van der Waals surface area contributed by atoms with Crippen molar-refractivity contribution in [3.8, 4) is 12.3 Å². The monoisotopic (exact) mass is 143 g/mol. The number of terminal acetylenes is 1. The molecule has 0 saturated carbocycles. The minimum atomic E-state index is 0.237. The van der Waals surface area contributed by atoms with E-state index in [4.69, 9.17) is 6.42 Å². The highest BCUT2D eigenvalue weighted by Gasteiger charge is 2.00. The van der Waals surface area contributed by atoms with Crippen molar-refractivity contribution in [2.45, 2.75) is 12.3 Å². The fourth-order valence-electron chi connectivity index (χ4n) is 0.985. The summed E-state index contributed by atoms with van der Waals surface area (Å²) in [7, 11) is 0. The van der Waals surface area contributed by atoms with Gasteiger partial charge in [-0.3, -0.25) is 0 Å². The van der Waals surface area contributed by atoms with Crippen LogP contribution in [0.1, 0.15) is 17.9 Å². The first-order valence-electron chi connectivity index (χ1n) is 3.66. The average Bonchev–Trinajstić information content (AvgIpc) is 2.07. The summed E-state index contributed by atoms with van der Waals surface area (Å²) in [5.74, 6) is 2.84. The lowest BCUT2D eigenvalue weighted by atomic mass is 9.99. The van der Waals surface area contributed by atoms with E-state index in [9.17, 15) is 0 Å². The Hall–Kier alpha value is -1.22. The van der Waals surface area contributed by atoms with Crippen molar-refractivity contribution < 1.29 is 0 Å². The van der Waals surface area contributed by atoms with Crippen molar-refractivity contribution >= 4 is 0 Å². The summed E-state index contributed by atoms with van der Waals surface area (Å²) in [4.78, 5) is 0. The Balaban J connectivity index is 2.70. The van der Waals surface area contributed by atoms with E-state index in [-0.39, 0.29) is 5.92 Å². The van der Waals surface area contributed by atoms with Gasteiger partial charge in [-0.25, -0.2) is 0 Å². The van der Waals surface area contributed by atoms with Crippen molar-refractivity contribution in [2.24, 2.45) is 0 Å². The van der Waals surface area contributed by atoms with Gasteiger partial charge >= 0.3 is 0 Å². The van der Waals surface area contributed by atoms with Crippen molar-refractivity contribution in [1.82, 2.24) is 0 Å². The Morgan fingerprint density at radius 2 is 2.00 bits per heavy atom. The molecule has 0 aliphatic heterocycles. The number of benzene rings is 1. The molecular weight excluding hydrogens is 132 g/mol. The predicted molar refractivity (Wildman–Crippen MR) is 48.0 cm³/mol. The van der Waals surface area contributed by atoms with E-state index in [2.05, 4.69) is 25.0 Å². The zero-order chi connectivity index (χ0) is 8.10. The lowest BCUT2D eigenvalue weighted by molar-refractivity contribution is 0.879. The first-order valence-corrected chi connectivity index (χ1v) is 3.66. The molecule has 0 bridgehead atoms. The summed E-state index contributed by atoms with van der Waals surface area (Å²) in [5, 5.41) is 0. The molecule has 0 fully saturated rings. The summed E-state index contributed by atoms with van der Waals surface area (Å²) in [6.45, 7) is 3.96. The third kappa shape index (κ3) is 2.13. The molecule has 1 aromatic carbocycles. The minimum Gasteiger partial charge on any atom is -0.120 e. The van der Waals surface area contributed by atoms with Gasteiger partial charge in [0, 0.05) is 6.42 Å². The third-order valence-corrected chi connectivity index (χ3v) is 1.64. The SMILES string of the molecule is C#CCC([CH2])c1ccccc1. The Morgan fingerprint density at radius 3 is 2.55 bits per heavy atom. The van der Waals surface area contributed by atoms with Gasteiger partial charge in [-0.15, -0.1) is 12.3 Å². The summed E-state index contributed by atoms with van der Waals surface area (Å²) in [6.07, 6.45) is 5.89. The van der Waals surface area contributed by atoms with Gasteiger partial charge in [0.2, 0.25) is 0 Å². The molecule has 1 atom stereocenters. The standard InChI is InChI=1S/C11H11/c1-3-7-10(2)11-8-5-4-6-9-11/h1,4-6,8-10H,2,7H2. The highest BCUT2D eigenvalue weighted by atomic mass is 14.0. The molecule has 1 unspecified atom stereocenters. The summed E-state index contributed by atoms with van der Waals surface area (Å²) in [6, 6.07) is 10.1. The summed E-state index contributed by atoms with van der Waals surface area (Å²) < 4.78 is 0. The first kappa shape index (κ1) is 7.88. The molecule has 0 amide bonds. The van der Waals surface area contributed by atoms with Gasteiger partial charge in [-0.1, -0.05) is 30.3 Å². The fraction of sp³-hybridized carbons (Fsp3) is 0.182. The lowest BCUT2D eigenvalue weighted by Gasteiger charge is -2.06. The zero-order valence-electron chi connectivity index (χ0n) is 6.46. The first-order chi connectivity index (χ1) is 5.34. The van der Waals surface area contributed by atoms with Crippen molar-refractivity contribution in [3.05, 3.63) is 42.8 Å². The van der Waals surface area contributed by atoms with Crippen molar-refractivity contribution in [1.29, 1.82) is 0 Å². The molecule has 0 heteroatoms. The van der Waals surface area contributed by atoms with Crippen LogP contribution in [0.4, 0.5) is 0 Å². The highest BCUT2D eigenvalue weighted by Crippen LogP contribution is 2.16. The van der Waals surface area contributed by atoms with Gasteiger partial charge < -0.3 is 0 Å². The molecule has 0 aliphatic carbocycles. The molecule has 0 N–H and O–H groups in total. The number of rotatable bonds is 2. The topological polar surface area (TPSA) is 0 Å². The smallest absolute Gasteiger partial charge is 0.0155 e. The Labute approximate surface area is 68.3 Å².